The molecule has 0 fully saturated rings. The van der Waals surface area contributed by atoms with Crippen molar-refractivity contribution in [1.82, 2.24) is 26.6 Å². The lowest BCUT2D eigenvalue weighted by Gasteiger charge is -2.21. The first-order valence-electron chi connectivity index (χ1n) is 14.1. The summed E-state index contributed by atoms with van der Waals surface area (Å²) in [5.41, 5.74) is 0. The number of hydrogen-bond donors (Lipinski definition) is 5. The van der Waals surface area contributed by atoms with E-state index in [1.54, 1.807) is 0 Å². The Bertz CT molecular complexity index is 604. The van der Waals surface area contributed by atoms with Crippen molar-refractivity contribution in [2.24, 2.45) is 17.8 Å². The molecule has 0 heterocycles. The molecule has 0 aromatic rings. The van der Waals surface area contributed by atoms with Gasteiger partial charge in [-0.25, -0.2) is 0 Å². The van der Waals surface area contributed by atoms with Gasteiger partial charge in [-0.2, -0.15) is 0 Å². The van der Waals surface area contributed by atoms with Crippen LogP contribution in [0.3, 0.4) is 0 Å². The van der Waals surface area contributed by atoms with Crippen LogP contribution in [0.25, 0.3) is 0 Å². The van der Waals surface area contributed by atoms with Crippen LogP contribution in [0.1, 0.15) is 90.0 Å². The Labute approximate surface area is 229 Å². The maximum Gasteiger partial charge on any atom is 0.153 e. The Kier molecular flexibility index (Phi) is 24.8. The second-order valence-electron chi connectivity index (χ2n) is 11.6. The number of carbonyl (C=O) groups is 3. The molecule has 0 aliphatic heterocycles. The molecule has 0 aliphatic carbocycles. The van der Waals surface area contributed by atoms with Crippen molar-refractivity contribution in [3.63, 3.8) is 0 Å². The normalized spacial score (nSPS) is 13.9. The molecule has 3 atom stereocenters. The fraction of sp³-hybridized carbons (Fsp3) is 0.897. The standard InChI is InChI=1S/2C10H22N2O.C9H19NO/c1-7(2)10(13)9(11-5)6-12-8(3)4;1-7(2)10(13)9(6-11-5)12-8(3)4;1-6(2)9(11)8(5)10-7(3)4/h2*7-9,11-12H,6H2,1-5H3;6-8,10H,1-5H3. The molecule has 37 heavy (non-hydrogen) atoms. The second-order valence-corrected chi connectivity index (χ2v) is 11.6. The van der Waals surface area contributed by atoms with Crippen LogP contribution in [0.2, 0.25) is 0 Å². The van der Waals surface area contributed by atoms with Gasteiger partial charge in [-0.3, -0.25) is 14.4 Å². The maximum absolute atomic E-state index is 11.7. The fourth-order valence-electron chi connectivity index (χ4n) is 3.43. The molecule has 8 heteroatoms. The van der Waals surface area contributed by atoms with Crippen LogP contribution < -0.4 is 26.6 Å². The Morgan fingerprint density at radius 1 is 0.514 bits per heavy atom. The van der Waals surface area contributed by atoms with E-state index in [2.05, 4.69) is 54.3 Å². The van der Waals surface area contributed by atoms with Crippen LogP contribution in [-0.2, 0) is 14.4 Å². The Morgan fingerprint density at radius 3 is 1.22 bits per heavy atom. The van der Waals surface area contributed by atoms with Crippen LogP contribution in [0.4, 0.5) is 0 Å². The molecular formula is C29H63N5O3. The molecule has 0 spiro atoms. The predicted molar refractivity (Wildman–Crippen MR) is 159 cm³/mol. The number of hydrogen-bond acceptors (Lipinski definition) is 8. The minimum atomic E-state index is -0.0533. The van der Waals surface area contributed by atoms with Crippen LogP contribution in [0.15, 0.2) is 0 Å². The quantitative estimate of drug-likeness (QED) is 0.207. The van der Waals surface area contributed by atoms with Gasteiger partial charge in [0.2, 0.25) is 0 Å². The fourth-order valence-corrected chi connectivity index (χ4v) is 3.43. The Morgan fingerprint density at radius 2 is 0.919 bits per heavy atom. The predicted octanol–water partition coefficient (Wildman–Crippen LogP) is 3.19. The zero-order valence-electron chi connectivity index (χ0n) is 26.8. The number of likely N-dealkylation sites (N-methyl/N-ethyl adjacent to an activating group) is 2. The van der Waals surface area contributed by atoms with Crippen molar-refractivity contribution in [3.05, 3.63) is 0 Å². The first kappa shape index (κ1) is 40.3. The van der Waals surface area contributed by atoms with E-state index >= 15 is 0 Å². The molecule has 0 rings (SSSR count). The zero-order valence-corrected chi connectivity index (χ0v) is 26.8. The summed E-state index contributed by atoms with van der Waals surface area (Å²) >= 11 is 0. The first-order chi connectivity index (χ1) is 16.9. The van der Waals surface area contributed by atoms with E-state index in [9.17, 15) is 14.4 Å². The van der Waals surface area contributed by atoms with Gasteiger partial charge in [0.15, 0.2) is 17.3 Å². The van der Waals surface area contributed by atoms with Crippen molar-refractivity contribution in [3.8, 4) is 0 Å². The molecular weight excluding hydrogens is 466 g/mol. The maximum atomic E-state index is 11.7. The Hall–Kier alpha value is -1.19. The summed E-state index contributed by atoms with van der Waals surface area (Å²) in [7, 11) is 3.69. The largest absolute Gasteiger partial charge is 0.318 e. The lowest BCUT2D eigenvalue weighted by molar-refractivity contribution is -0.124. The molecule has 0 radical (unpaired) electrons. The summed E-state index contributed by atoms with van der Waals surface area (Å²) < 4.78 is 0. The van der Waals surface area contributed by atoms with Crippen molar-refractivity contribution < 1.29 is 14.4 Å². The molecule has 0 aliphatic rings. The summed E-state index contributed by atoms with van der Waals surface area (Å²) in [5.74, 6) is 1.18. The van der Waals surface area contributed by atoms with E-state index in [0.717, 1.165) is 0 Å². The van der Waals surface area contributed by atoms with Crippen molar-refractivity contribution in [2.45, 2.75) is 126 Å². The number of nitrogens with one attached hydrogen (secondary N) is 5. The summed E-state index contributed by atoms with van der Waals surface area (Å²) in [6.07, 6.45) is 0. The van der Waals surface area contributed by atoms with Crippen LogP contribution in [-0.4, -0.2) is 80.8 Å². The average Bonchev–Trinajstić information content (AvgIpc) is 2.77. The van der Waals surface area contributed by atoms with E-state index in [4.69, 9.17) is 0 Å². The topological polar surface area (TPSA) is 111 Å². The minimum absolute atomic E-state index is 0.00463. The lowest BCUT2D eigenvalue weighted by Crippen LogP contribution is -2.48. The van der Waals surface area contributed by atoms with E-state index in [1.807, 2.05) is 76.4 Å². The van der Waals surface area contributed by atoms with Gasteiger partial charge in [-0.1, -0.05) is 83.1 Å². The van der Waals surface area contributed by atoms with Crippen molar-refractivity contribution >= 4 is 17.3 Å². The van der Waals surface area contributed by atoms with Gasteiger partial charge in [-0.05, 0) is 21.0 Å². The highest BCUT2D eigenvalue weighted by molar-refractivity contribution is 5.86. The molecule has 8 nitrogen and oxygen atoms in total. The number of ketones is 3. The molecule has 0 saturated heterocycles. The summed E-state index contributed by atoms with van der Waals surface area (Å²) in [6.45, 7) is 27.3. The van der Waals surface area contributed by atoms with Gasteiger partial charge in [-0.15, -0.1) is 0 Å². The monoisotopic (exact) mass is 529 g/mol. The number of Topliss-reactive ketones (excluding diaryl/α,β-unsaturated/α-hetero) is 3. The van der Waals surface area contributed by atoms with Crippen LogP contribution >= 0.6 is 0 Å². The van der Waals surface area contributed by atoms with E-state index in [1.165, 1.54) is 0 Å². The van der Waals surface area contributed by atoms with Crippen LogP contribution in [0, 0.1) is 17.8 Å². The van der Waals surface area contributed by atoms with Gasteiger partial charge in [0.25, 0.3) is 0 Å². The van der Waals surface area contributed by atoms with E-state index in [0.29, 0.717) is 37.0 Å². The second kappa shape index (κ2) is 22.8. The lowest BCUT2D eigenvalue weighted by atomic mass is 10.0. The van der Waals surface area contributed by atoms with Gasteiger partial charge in [0.1, 0.15) is 0 Å². The molecule has 0 bridgehead atoms. The van der Waals surface area contributed by atoms with Crippen molar-refractivity contribution in [1.29, 1.82) is 0 Å². The molecule has 0 aromatic heterocycles. The molecule has 3 unspecified atom stereocenters. The van der Waals surface area contributed by atoms with Crippen molar-refractivity contribution in [2.75, 3.05) is 27.2 Å². The molecule has 5 N–H and O–H groups in total. The van der Waals surface area contributed by atoms with E-state index < -0.39 is 0 Å². The molecule has 0 saturated carbocycles. The van der Waals surface area contributed by atoms with Gasteiger partial charge in [0.05, 0.1) is 18.1 Å². The molecule has 222 valence electrons. The third-order valence-electron chi connectivity index (χ3n) is 5.43. The van der Waals surface area contributed by atoms with Crippen LogP contribution in [0.5, 0.6) is 0 Å². The van der Waals surface area contributed by atoms with Gasteiger partial charge >= 0.3 is 0 Å². The van der Waals surface area contributed by atoms with E-state index in [-0.39, 0.29) is 47.4 Å². The SMILES string of the molecule is CC(C)NC(C)C(=O)C(C)C.CNC(CNC(C)C)C(=O)C(C)C.CNCC(NC(C)C)C(=O)C(C)C. The smallest absolute Gasteiger partial charge is 0.153 e. The first-order valence-corrected chi connectivity index (χ1v) is 14.1. The number of carbonyl (C=O) groups excluding carboxylic acids is 3. The highest BCUT2D eigenvalue weighted by Crippen LogP contribution is 2.01. The summed E-state index contributed by atoms with van der Waals surface area (Å²) in [5, 5.41) is 15.7. The summed E-state index contributed by atoms with van der Waals surface area (Å²) in [6, 6.07) is 1.05. The highest BCUT2D eigenvalue weighted by Gasteiger charge is 2.21. The molecule has 0 aromatic carbocycles. The highest BCUT2D eigenvalue weighted by atomic mass is 16.1. The summed E-state index contributed by atoms with van der Waals surface area (Å²) in [4.78, 5) is 34.6. The average molecular weight is 530 g/mol. The Balaban J connectivity index is -0.000000471. The van der Waals surface area contributed by atoms with Gasteiger partial charge < -0.3 is 26.6 Å². The zero-order chi connectivity index (χ0) is 29.9. The third kappa shape index (κ3) is 22.5. The third-order valence-corrected chi connectivity index (χ3v) is 5.43. The number of rotatable bonds is 16. The van der Waals surface area contributed by atoms with Gasteiger partial charge in [0, 0.05) is 49.0 Å². The minimum Gasteiger partial charge on any atom is -0.318 e. The molecule has 0 amide bonds.